The smallest absolute Gasteiger partial charge is 0.149 e. The molecule has 0 bridgehead atoms. The third kappa shape index (κ3) is 4.85. The van der Waals surface area contributed by atoms with Crippen LogP contribution in [0.5, 0.6) is 0 Å². The van der Waals surface area contributed by atoms with E-state index in [-0.39, 0.29) is 0 Å². The number of furan rings is 1. The molecule has 0 unspecified atom stereocenters. The third-order valence-corrected chi connectivity index (χ3v) is 9.81. The molecule has 6 aromatic carbocycles. The van der Waals surface area contributed by atoms with Crippen molar-refractivity contribution in [3.05, 3.63) is 144 Å². The number of rotatable bonds is 6. The van der Waals surface area contributed by atoms with Gasteiger partial charge >= 0.3 is 0 Å². The zero-order valence-electron chi connectivity index (χ0n) is 28.5. The largest absolute Gasteiger partial charge is 0.455 e. The second kappa shape index (κ2) is 11.7. The van der Waals surface area contributed by atoms with Crippen molar-refractivity contribution in [3.63, 3.8) is 0 Å². The molecule has 0 radical (unpaired) electrons. The molecule has 0 N–H and O–H groups in total. The van der Waals surface area contributed by atoms with Crippen molar-refractivity contribution in [2.75, 3.05) is 0 Å². The number of benzene rings is 6. The van der Waals surface area contributed by atoms with E-state index in [0.29, 0.717) is 11.8 Å². The van der Waals surface area contributed by atoms with Crippen molar-refractivity contribution in [3.8, 4) is 39.3 Å². The summed E-state index contributed by atoms with van der Waals surface area (Å²) in [5.41, 5.74) is 16.1. The molecule has 0 atom stereocenters. The van der Waals surface area contributed by atoms with Crippen LogP contribution in [-0.2, 0) is 0 Å². The zero-order valence-corrected chi connectivity index (χ0v) is 28.5. The van der Waals surface area contributed by atoms with Gasteiger partial charge in [-0.05, 0) is 113 Å². The van der Waals surface area contributed by atoms with Crippen molar-refractivity contribution in [2.45, 2.75) is 53.4 Å². The Bertz CT molecular complexity index is 2430. The van der Waals surface area contributed by atoms with E-state index < -0.39 is 0 Å². The fraction of sp³-hybridized carbons (Fsp3) is 0.178. The number of hydrogen-bond acceptors (Lipinski definition) is 2. The van der Waals surface area contributed by atoms with Crippen LogP contribution >= 0.6 is 0 Å². The van der Waals surface area contributed by atoms with E-state index in [1.165, 1.54) is 50.2 Å². The first-order chi connectivity index (χ1) is 23.3. The van der Waals surface area contributed by atoms with Crippen molar-refractivity contribution in [2.24, 2.45) is 0 Å². The molecule has 0 fully saturated rings. The number of nitrogens with zero attached hydrogens (tertiary/aromatic N) is 2. The Hall–Kier alpha value is -5.41. The van der Waals surface area contributed by atoms with E-state index in [9.17, 15) is 0 Å². The highest BCUT2D eigenvalue weighted by Gasteiger charge is 2.25. The van der Waals surface area contributed by atoms with Gasteiger partial charge in [-0.1, -0.05) is 107 Å². The first-order valence-corrected chi connectivity index (χ1v) is 17.0. The van der Waals surface area contributed by atoms with E-state index >= 15 is 0 Å². The maximum absolute atomic E-state index is 6.85. The molecule has 0 saturated heterocycles. The average molecular weight is 625 g/mol. The molecular weight excluding hydrogens is 585 g/mol. The van der Waals surface area contributed by atoms with E-state index in [1.807, 2.05) is 0 Å². The van der Waals surface area contributed by atoms with Crippen LogP contribution in [0.15, 0.2) is 126 Å². The molecular formula is C45H40N2O. The van der Waals surface area contributed by atoms with E-state index in [4.69, 9.17) is 9.40 Å². The fourth-order valence-electron chi connectivity index (χ4n) is 7.45. The minimum absolute atomic E-state index is 0.292. The first-order valence-electron chi connectivity index (χ1n) is 17.0. The first kappa shape index (κ1) is 30.0. The van der Waals surface area contributed by atoms with Crippen LogP contribution in [0, 0.1) is 13.8 Å². The van der Waals surface area contributed by atoms with Crippen LogP contribution in [0.3, 0.4) is 0 Å². The molecule has 0 aliphatic rings. The van der Waals surface area contributed by atoms with Gasteiger partial charge in [-0.2, -0.15) is 0 Å². The van der Waals surface area contributed by atoms with Crippen molar-refractivity contribution < 1.29 is 4.42 Å². The highest BCUT2D eigenvalue weighted by molar-refractivity contribution is 6.10. The normalized spacial score (nSPS) is 11.9. The minimum atomic E-state index is 0.292. The molecule has 236 valence electrons. The highest BCUT2D eigenvalue weighted by atomic mass is 16.3. The van der Waals surface area contributed by atoms with Gasteiger partial charge in [0.15, 0.2) is 0 Å². The van der Waals surface area contributed by atoms with Crippen molar-refractivity contribution in [1.29, 1.82) is 0 Å². The molecule has 0 amide bonds. The molecule has 48 heavy (non-hydrogen) atoms. The maximum Gasteiger partial charge on any atom is 0.149 e. The topological polar surface area (TPSA) is 31.0 Å². The number of fused-ring (bicyclic) bond motifs is 4. The second-order valence-electron chi connectivity index (χ2n) is 13.7. The van der Waals surface area contributed by atoms with Crippen LogP contribution in [0.2, 0.25) is 0 Å². The lowest BCUT2D eigenvalue weighted by molar-refractivity contribution is 0.669. The van der Waals surface area contributed by atoms with E-state index in [2.05, 4.69) is 167 Å². The van der Waals surface area contributed by atoms with E-state index in [0.717, 1.165) is 44.4 Å². The SMILES string of the molecule is Cc1cccc(C)c1-c1ccc2c(c1)oc1c(-c3nc4ccccc4n3-c3c(C(C)C)cc(-c4ccccc4)cc3C(C)C)cccc12. The zero-order chi connectivity index (χ0) is 33.1. The molecule has 3 nitrogen and oxygen atoms in total. The van der Waals surface area contributed by atoms with Crippen LogP contribution in [0.4, 0.5) is 0 Å². The molecule has 0 saturated carbocycles. The quantitative estimate of drug-likeness (QED) is 0.184. The summed E-state index contributed by atoms with van der Waals surface area (Å²) < 4.78 is 9.25. The Morgan fingerprint density at radius 2 is 1.25 bits per heavy atom. The lowest BCUT2D eigenvalue weighted by Crippen LogP contribution is -2.09. The number of hydrogen-bond donors (Lipinski definition) is 0. The van der Waals surface area contributed by atoms with Crippen LogP contribution in [-0.4, -0.2) is 9.55 Å². The summed E-state index contributed by atoms with van der Waals surface area (Å²) in [6, 6.07) is 43.6. The summed E-state index contributed by atoms with van der Waals surface area (Å²) in [6.07, 6.45) is 0. The average Bonchev–Trinajstić information content (AvgIpc) is 3.66. The van der Waals surface area contributed by atoms with Gasteiger partial charge in [0.25, 0.3) is 0 Å². The van der Waals surface area contributed by atoms with Gasteiger partial charge in [-0.15, -0.1) is 0 Å². The van der Waals surface area contributed by atoms with Gasteiger partial charge in [0, 0.05) is 10.8 Å². The molecule has 0 aliphatic carbocycles. The van der Waals surface area contributed by atoms with Gasteiger partial charge in [-0.3, -0.25) is 4.57 Å². The number of imidazole rings is 1. The molecule has 2 heterocycles. The van der Waals surface area contributed by atoms with Crippen LogP contribution < -0.4 is 0 Å². The number of para-hydroxylation sites is 3. The maximum atomic E-state index is 6.85. The van der Waals surface area contributed by atoms with Crippen LogP contribution in [0.25, 0.3) is 72.3 Å². The van der Waals surface area contributed by atoms with Gasteiger partial charge in [-0.25, -0.2) is 4.98 Å². The lowest BCUT2D eigenvalue weighted by Gasteiger charge is -2.24. The second-order valence-corrected chi connectivity index (χ2v) is 13.7. The predicted octanol–water partition coefficient (Wildman–Crippen LogP) is 12.8. The van der Waals surface area contributed by atoms with Gasteiger partial charge in [0.2, 0.25) is 0 Å². The summed E-state index contributed by atoms with van der Waals surface area (Å²) in [6.45, 7) is 13.5. The Morgan fingerprint density at radius 3 is 1.96 bits per heavy atom. The summed E-state index contributed by atoms with van der Waals surface area (Å²) in [4.78, 5) is 5.35. The third-order valence-electron chi connectivity index (χ3n) is 9.81. The predicted molar refractivity (Wildman–Crippen MR) is 202 cm³/mol. The van der Waals surface area contributed by atoms with Crippen molar-refractivity contribution in [1.82, 2.24) is 9.55 Å². The number of aryl methyl sites for hydroxylation is 2. The molecule has 0 aliphatic heterocycles. The summed E-state index contributed by atoms with van der Waals surface area (Å²) >= 11 is 0. The summed E-state index contributed by atoms with van der Waals surface area (Å²) in [7, 11) is 0. The minimum Gasteiger partial charge on any atom is -0.455 e. The van der Waals surface area contributed by atoms with Crippen LogP contribution in [0.1, 0.15) is 61.8 Å². The lowest BCUT2D eigenvalue weighted by atomic mass is 9.88. The molecule has 0 spiro atoms. The summed E-state index contributed by atoms with van der Waals surface area (Å²) in [5.74, 6) is 1.48. The fourth-order valence-corrected chi connectivity index (χ4v) is 7.45. The Morgan fingerprint density at radius 1 is 0.583 bits per heavy atom. The number of aromatic nitrogens is 2. The monoisotopic (exact) mass is 624 g/mol. The molecule has 8 aromatic rings. The molecule has 3 heteroatoms. The Balaban J connectivity index is 1.41. The van der Waals surface area contributed by atoms with Crippen molar-refractivity contribution >= 4 is 33.0 Å². The Kier molecular flexibility index (Phi) is 7.29. The van der Waals surface area contributed by atoms with Gasteiger partial charge < -0.3 is 4.42 Å². The highest BCUT2D eigenvalue weighted by Crippen LogP contribution is 2.43. The Labute approximate surface area is 282 Å². The molecule has 8 rings (SSSR count). The van der Waals surface area contributed by atoms with Gasteiger partial charge in [0.05, 0.1) is 22.3 Å². The standard InChI is InChI=1S/C45H40N2O/c1-27(2)37-24-33(31-16-8-7-9-17-31)25-38(28(3)4)43(37)47-40-21-11-10-20-39(40)46-45(47)36-19-13-18-35-34-23-22-32(26-41(34)48-44(35)36)42-29(5)14-12-15-30(42)6/h7-28H,1-6H3. The molecule has 2 aromatic heterocycles. The summed E-state index contributed by atoms with van der Waals surface area (Å²) in [5, 5.41) is 2.21. The van der Waals surface area contributed by atoms with E-state index in [1.54, 1.807) is 0 Å². The van der Waals surface area contributed by atoms with Gasteiger partial charge in [0.1, 0.15) is 17.0 Å².